The largest absolute Gasteiger partial charge is 0.478 e. The molecule has 0 aromatic rings. The van der Waals surface area contributed by atoms with Crippen LogP contribution >= 0.6 is 0 Å². The number of ether oxygens (including phenoxy) is 1. The molecular weight excluding hydrogens is 220 g/mol. The zero-order valence-corrected chi connectivity index (χ0v) is 10.4. The molecule has 0 spiro atoms. The van der Waals surface area contributed by atoms with Crippen LogP contribution in [0.2, 0.25) is 0 Å². The van der Waals surface area contributed by atoms with Crippen molar-refractivity contribution in [2.45, 2.75) is 57.4 Å². The molecule has 98 valence electrons. The van der Waals surface area contributed by atoms with Gasteiger partial charge in [-0.3, -0.25) is 0 Å². The second kappa shape index (κ2) is 6.14. The minimum Gasteiger partial charge on any atom is -0.478 e. The van der Waals surface area contributed by atoms with E-state index in [-0.39, 0.29) is 18.2 Å². The Bertz CT molecular complexity index is 300. The van der Waals surface area contributed by atoms with Gasteiger partial charge in [-0.2, -0.15) is 0 Å². The van der Waals surface area contributed by atoms with E-state index in [4.69, 9.17) is 21.3 Å². The van der Waals surface area contributed by atoms with Gasteiger partial charge < -0.3 is 21.3 Å². The lowest BCUT2D eigenvalue weighted by atomic mass is 9.89. The van der Waals surface area contributed by atoms with E-state index in [2.05, 4.69) is 0 Å². The maximum absolute atomic E-state index is 11.0. The highest BCUT2D eigenvalue weighted by Gasteiger charge is 2.32. The first-order chi connectivity index (χ1) is 7.99. The van der Waals surface area contributed by atoms with Crippen molar-refractivity contribution in [2.24, 2.45) is 11.5 Å². The molecule has 0 radical (unpaired) electrons. The summed E-state index contributed by atoms with van der Waals surface area (Å²) in [5, 5.41) is 8.99. The molecule has 0 aromatic carbocycles. The molecule has 0 aromatic heterocycles. The van der Waals surface area contributed by atoms with E-state index in [0.29, 0.717) is 12.0 Å². The van der Waals surface area contributed by atoms with Crippen LogP contribution in [0.25, 0.3) is 0 Å². The van der Waals surface area contributed by atoms with Crippen LogP contribution in [0.5, 0.6) is 0 Å². The molecule has 0 saturated carbocycles. The van der Waals surface area contributed by atoms with Gasteiger partial charge in [0.2, 0.25) is 0 Å². The van der Waals surface area contributed by atoms with E-state index in [9.17, 15) is 4.79 Å². The molecule has 0 bridgehead atoms. The summed E-state index contributed by atoms with van der Waals surface area (Å²) in [7, 11) is 0. The number of carboxylic acid groups (broad SMARTS) is 1. The van der Waals surface area contributed by atoms with Gasteiger partial charge >= 0.3 is 5.97 Å². The second-order valence-electron chi connectivity index (χ2n) is 4.48. The molecule has 5 heteroatoms. The van der Waals surface area contributed by atoms with E-state index in [0.717, 1.165) is 12.8 Å². The van der Waals surface area contributed by atoms with Crippen LogP contribution in [0.15, 0.2) is 11.6 Å². The third kappa shape index (κ3) is 3.52. The summed E-state index contributed by atoms with van der Waals surface area (Å²) in [6, 6.07) is -0.691. The zero-order chi connectivity index (χ0) is 13.0. The number of hydrogen-bond donors (Lipinski definition) is 3. The summed E-state index contributed by atoms with van der Waals surface area (Å²) in [5.41, 5.74) is 12.1. The third-order valence-corrected chi connectivity index (χ3v) is 3.23. The number of hydrogen-bond acceptors (Lipinski definition) is 4. The maximum atomic E-state index is 11.0. The Balaban J connectivity index is 2.79. The summed E-state index contributed by atoms with van der Waals surface area (Å²) in [6.45, 7) is 4.06. The van der Waals surface area contributed by atoms with Crippen LogP contribution in [0.1, 0.15) is 33.1 Å². The van der Waals surface area contributed by atoms with Crippen LogP contribution in [0.3, 0.4) is 0 Å². The van der Waals surface area contributed by atoms with E-state index < -0.39 is 12.1 Å². The number of rotatable bonds is 5. The molecule has 0 saturated heterocycles. The Morgan fingerprint density at radius 2 is 2.12 bits per heavy atom. The highest BCUT2D eigenvalue weighted by atomic mass is 16.5. The quantitative estimate of drug-likeness (QED) is 0.656. The van der Waals surface area contributed by atoms with Crippen molar-refractivity contribution in [3.8, 4) is 0 Å². The monoisotopic (exact) mass is 242 g/mol. The molecule has 3 atom stereocenters. The van der Waals surface area contributed by atoms with Crippen molar-refractivity contribution in [1.29, 1.82) is 0 Å². The van der Waals surface area contributed by atoms with Crippen molar-refractivity contribution < 1.29 is 14.6 Å². The van der Waals surface area contributed by atoms with Crippen LogP contribution in [-0.2, 0) is 9.53 Å². The predicted octanol–water partition coefficient (Wildman–Crippen LogP) is 0.630. The third-order valence-electron chi connectivity index (χ3n) is 3.23. The molecule has 1 rings (SSSR count). The second-order valence-corrected chi connectivity index (χ2v) is 4.48. The highest BCUT2D eigenvalue weighted by molar-refractivity contribution is 5.87. The molecule has 0 fully saturated rings. The summed E-state index contributed by atoms with van der Waals surface area (Å²) < 4.78 is 5.81. The fourth-order valence-electron chi connectivity index (χ4n) is 2.00. The fraction of sp³-hybridized carbons (Fsp3) is 0.750. The van der Waals surface area contributed by atoms with E-state index in [1.165, 1.54) is 0 Å². The van der Waals surface area contributed by atoms with Crippen molar-refractivity contribution >= 4 is 5.97 Å². The Labute approximate surface area is 102 Å². The normalized spacial score (nSPS) is 29.2. The summed E-state index contributed by atoms with van der Waals surface area (Å²) in [4.78, 5) is 11.0. The summed E-state index contributed by atoms with van der Waals surface area (Å²) in [5.74, 6) is -0.939. The smallest absolute Gasteiger partial charge is 0.331 e. The average molecular weight is 242 g/mol. The first kappa shape index (κ1) is 14.2. The van der Waals surface area contributed by atoms with Crippen LogP contribution in [0.4, 0.5) is 0 Å². The van der Waals surface area contributed by atoms with Gasteiger partial charge in [-0.25, -0.2) is 4.79 Å². The summed E-state index contributed by atoms with van der Waals surface area (Å²) >= 11 is 0. The molecule has 17 heavy (non-hydrogen) atoms. The number of carboxylic acids is 1. The average Bonchev–Trinajstić information content (AvgIpc) is 2.30. The highest BCUT2D eigenvalue weighted by Crippen LogP contribution is 2.21. The van der Waals surface area contributed by atoms with E-state index in [1.54, 1.807) is 6.08 Å². The van der Waals surface area contributed by atoms with Gasteiger partial charge in [0.05, 0.1) is 12.2 Å². The maximum Gasteiger partial charge on any atom is 0.331 e. The van der Waals surface area contributed by atoms with Crippen LogP contribution in [0, 0.1) is 0 Å². The molecule has 5 nitrogen and oxygen atoms in total. The van der Waals surface area contributed by atoms with Crippen LogP contribution in [-0.4, -0.2) is 35.4 Å². The molecule has 5 N–H and O–H groups in total. The van der Waals surface area contributed by atoms with Gasteiger partial charge in [0.25, 0.3) is 0 Å². The minimum atomic E-state index is -0.939. The number of nitrogens with two attached hydrogens (primary N) is 2. The van der Waals surface area contributed by atoms with Gasteiger partial charge in [0.15, 0.2) is 0 Å². The molecular formula is C12H22N2O3. The van der Waals surface area contributed by atoms with E-state index >= 15 is 0 Å². The molecule has 1 aliphatic rings. The lowest BCUT2D eigenvalue weighted by Crippen LogP contribution is -2.53. The Morgan fingerprint density at radius 1 is 1.53 bits per heavy atom. The van der Waals surface area contributed by atoms with Gasteiger partial charge in [-0.1, -0.05) is 13.8 Å². The fourth-order valence-corrected chi connectivity index (χ4v) is 2.00. The lowest BCUT2D eigenvalue weighted by Gasteiger charge is -2.33. The Morgan fingerprint density at radius 3 is 2.59 bits per heavy atom. The zero-order valence-electron chi connectivity index (χ0n) is 10.4. The van der Waals surface area contributed by atoms with Gasteiger partial charge in [0, 0.05) is 17.7 Å². The topological polar surface area (TPSA) is 98.6 Å². The minimum absolute atomic E-state index is 0.0997. The van der Waals surface area contributed by atoms with Crippen molar-refractivity contribution in [3.05, 3.63) is 11.6 Å². The van der Waals surface area contributed by atoms with Gasteiger partial charge in [-0.15, -0.1) is 0 Å². The molecule has 1 aliphatic carbocycles. The Hall–Kier alpha value is -0.910. The molecule has 0 heterocycles. The van der Waals surface area contributed by atoms with Crippen molar-refractivity contribution in [1.82, 2.24) is 0 Å². The van der Waals surface area contributed by atoms with Crippen molar-refractivity contribution in [3.63, 3.8) is 0 Å². The lowest BCUT2D eigenvalue weighted by molar-refractivity contribution is -0.133. The van der Waals surface area contributed by atoms with Gasteiger partial charge in [0.1, 0.15) is 0 Å². The van der Waals surface area contributed by atoms with Crippen LogP contribution < -0.4 is 11.5 Å². The SMILES string of the molecule is CCC(CC)O[C@@H]1C=C(C(=O)O)C[C@H](N)[C@H]1N. The van der Waals surface area contributed by atoms with Gasteiger partial charge in [-0.05, 0) is 25.3 Å². The number of aliphatic carboxylic acids is 1. The Kier molecular flexibility index (Phi) is 5.11. The first-order valence-electron chi connectivity index (χ1n) is 6.10. The van der Waals surface area contributed by atoms with E-state index in [1.807, 2.05) is 13.8 Å². The molecule has 0 aliphatic heterocycles. The molecule has 0 unspecified atom stereocenters. The first-order valence-corrected chi connectivity index (χ1v) is 6.10. The summed E-state index contributed by atoms with van der Waals surface area (Å²) in [6.07, 6.45) is 3.38. The standard InChI is InChI=1S/C12H22N2O3/c1-3-8(4-2)17-10-6-7(12(15)16)5-9(13)11(10)14/h6,8-11H,3-5,13-14H2,1-2H3,(H,15,16)/t9-,10+,11+/m0/s1. The predicted molar refractivity (Wildman–Crippen MR) is 65.5 cm³/mol. The molecule has 0 amide bonds. The van der Waals surface area contributed by atoms with Crippen molar-refractivity contribution in [2.75, 3.05) is 0 Å². The number of carbonyl (C=O) groups is 1.